The Hall–Kier alpha value is -5.58. The lowest BCUT2D eigenvalue weighted by Gasteiger charge is -2.30. The molecule has 4 atom stereocenters. The summed E-state index contributed by atoms with van der Waals surface area (Å²) in [6, 6.07) is 2.77. The first-order chi connectivity index (χ1) is 26.9. The molecule has 4 aromatic heterocycles. The Bertz CT molecular complexity index is 2210. The number of carbonyl (C=O) groups is 4. The molecule has 2 aliphatic heterocycles. The number of amides is 4. The molecule has 0 bridgehead atoms. The number of thiophene rings is 2. The van der Waals surface area contributed by atoms with E-state index in [9.17, 15) is 19.2 Å². The van der Waals surface area contributed by atoms with Crippen molar-refractivity contribution in [3.63, 3.8) is 0 Å². The molecule has 16 heteroatoms. The Kier molecular flexibility index (Phi) is 12.5. The van der Waals surface area contributed by atoms with E-state index in [1.807, 2.05) is 33.8 Å². The van der Waals surface area contributed by atoms with Crippen molar-refractivity contribution in [3.8, 4) is 23.7 Å². The minimum atomic E-state index is -0.698. The van der Waals surface area contributed by atoms with E-state index in [1.165, 1.54) is 14.2 Å². The first-order valence-electron chi connectivity index (χ1n) is 18.5. The number of methoxy groups -OCH3 is 2. The normalized spacial score (nSPS) is 17.7. The minimum absolute atomic E-state index is 0.00287. The number of carbonyl (C=O) groups excluding carboxylic acids is 4. The van der Waals surface area contributed by atoms with E-state index in [2.05, 4.69) is 66.9 Å². The summed E-state index contributed by atoms with van der Waals surface area (Å²) in [5.74, 6) is 13.3. The largest absolute Gasteiger partial charge is 0.453 e. The monoisotopic (exact) mass is 798 g/mol. The minimum Gasteiger partial charge on any atom is -0.453 e. The zero-order valence-electron chi connectivity index (χ0n) is 32.3. The third-order valence-corrected chi connectivity index (χ3v) is 12.1. The van der Waals surface area contributed by atoms with Crippen molar-refractivity contribution in [2.24, 2.45) is 17.8 Å². The summed E-state index contributed by atoms with van der Waals surface area (Å²) >= 11 is 3.16. The number of hydrogen-bond acceptors (Lipinski definition) is 10. The number of nitrogens with one attached hydrogen (secondary N) is 4. The molecule has 294 valence electrons. The predicted molar refractivity (Wildman–Crippen MR) is 214 cm³/mol. The fourth-order valence-electron chi connectivity index (χ4n) is 6.93. The number of fused-ring (bicyclic) bond motifs is 1. The summed E-state index contributed by atoms with van der Waals surface area (Å²) in [5, 5.41) is 5.34. The Morgan fingerprint density at radius 2 is 1.46 bits per heavy atom. The van der Waals surface area contributed by atoms with Gasteiger partial charge < -0.3 is 39.9 Å². The lowest BCUT2D eigenvalue weighted by molar-refractivity contribution is -0.137. The number of nitrogens with zero attached hydrogens (tertiary/aromatic N) is 4. The molecular formula is C40H46N8O6S2. The van der Waals surface area contributed by atoms with Gasteiger partial charge in [-0.3, -0.25) is 9.59 Å². The number of likely N-dealkylation sites (tertiary alicyclic amines) is 2. The Morgan fingerprint density at radius 1 is 0.857 bits per heavy atom. The molecule has 0 aliphatic carbocycles. The lowest BCUT2D eigenvalue weighted by atomic mass is 9.93. The van der Waals surface area contributed by atoms with Gasteiger partial charge in [-0.15, -0.1) is 22.7 Å². The third kappa shape index (κ3) is 8.93. The second-order valence-corrected chi connectivity index (χ2v) is 16.6. The zero-order chi connectivity index (χ0) is 40.1. The molecule has 6 heterocycles. The van der Waals surface area contributed by atoms with Crippen LogP contribution in [0.25, 0.3) is 9.40 Å². The van der Waals surface area contributed by atoms with Crippen LogP contribution in [0, 0.1) is 41.4 Å². The van der Waals surface area contributed by atoms with Gasteiger partial charge >= 0.3 is 12.2 Å². The van der Waals surface area contributed by atoms with Crippen molar-refractivity contribution in [2.45, 2.75) is 65.1 Å². The Labute approximate surface area is 333 Å². The summed E-state index contributed by atoms with van der Waals surface area (Å²) in [7, 11) is 2.58. The standard InChI is InChI=1S/C40H46N8O6S2/c1-22(2)29(21-43-39(51)53-6)37(49)48-16-14-24(5)34(48)36-42-20-26(45-36)11-13-28-18-32-31(56-28)17-27(55-32)12-10-25-19-41-35(44-25)30-9-8-15-47(30)38(50)33(23(3)4)46-40(52)54-7/h17-20,22-23,29-30,33-34H,5,8-9,14-16,21H2,1-4,6-7H3,(H,41,44)(H,42,45)(H,43,51)(H,46,52)/t29-,30-,33-,34-/m0/s1. The smallest absolute Gasteiger partial charge is 0.407 e. The highest BCUT2D eigenvalue weighted by Crippen LogP contribution is 2.37. The summed E-state index contributed by atoms with van der Waals surface area (Å²) in [6.07, 6.45) is 4.41. The number of imidazole rings is 2. The van der Waals surface area contributed by atoms with E-state index < -0.39 is 30.2 Å². The first kappa shape index (κ1) is 40.1. The van der Waals surface area contributed by atoms with Gasteiger partial charge in [-0.25, -0.2) is 19.6 Å². The highest BCUT2D eigenvalue weighted by Gasteiger charge is 2.39. The van der Waals surface area contributed by atoms with Crippen molar-refractivity contribution in [1.82, 2.24) is 40.4 Å². The van der Waals surface area contributed by atoms with Gasteiger partial charge in [-0.1, -0.05) is 34.3 Å². The molecular weight excluding hydrogens is 753 g/mol. The van der Waals surface area contributed by atoms with Gasteiger partial charge in [0.25, 0.3) is 0 Å². The van der Waals surface area contributed by atoms with Crippen molar-refractivity contribution >= 4 is 56.1 Å². The van der Waals surface area contributed by atoms with E-state index in [-0.39, 0.29) is 36.2 Å². The van der Waals surface area contributed by atoms with Crippen molar-refractivity contribution in [1.29, 1.82) is 0 Å². The number of alkyl carbamates (subject to hydrolysis) is 2. The first-order valence-corrected chi connectivity index (χ1v) is 20.1. The summed E-state index contributed by atoms with van der Waals surface area (Å²) in [4.78, 5) is 71.8. The molecule has 0 spiro atoms. The van der Waals surface area contributed by atoms with E-state index in [0.29, 0.717) is 42.5 Å². The van der Waals surface area contributed by atoms with Gasteiger partial charge in [0, 0.05) is 29.0 Å². The quantitative estimate of drug-likeness (QED) is 0.123. The van der Waals surface area contributed by atoms with Gasteiger partial charge in [0.1, 0.15) is 35.1 Å². The van der Waals surface area contributed by atoms with Crippen LogP contribution in [-0.2, 0) is 19.1 Å². The molecule has 14 nitrogen and oxygen atoms in total. The number of aromatic nitrogens is 4. The van der Waals surface area contributed by atoms with Gasteiger partial charge in [0.2, 0.25) is 11.8 Å². The topological polar surface area (TPSA) is 175 Å². The summed E-state index contributed by atoms with van der Waals surface area (Å²) < 4.78 is 11.6. The number of aromatic amines is 2. The van der Waals surface area contributed by atoms with Crippen molar-refractivity contribution in [2.75, 3.05) is 33.9 Å². The third-order valence-electron chi connectivity index (χ3n) is 9.97. The van der Waals surface area contributed by atoms with Crippen LogP contribution in [0.1, 0.15) is 91.8 Å². The molecule has 56 heavy (non-hydrogen) atoms. The van der Waals surface area contributed by atoms with Crippen LogP contribution in [0.3, 0.4) is 0 Å². The van der Waals surface area contributed by atoms with Gasteiger partial charge in [-0.05, 0) is 72.5 Å². The maximum atomic E-state index is 13.7. The average molecular weight is 799 g/mol. The van der Waals surface area contributed by atoms with E-state index >= 15 is 0 Å². The predicted octanol–water partition coefficient (Wildman–Crippen LogP) is 5.71. The summed E-state index contributed by atoms with van der Waals surface area (Å²) in [5.41, 5.74) is 2.17. The number of H-pyrrole nitrogens is 2. The van der Waals surface area contributed by atoms with E-state index in [1.54, 1.807) is 44.9 Å². The molecule has 2 aliphatic rings. The molecule has 6 rings (SSSR count). The maximum absolute atomic E-state index is 13.7. The van der Waals surface area contributed by atoms with E-state index in [0.717, 1.165) is 37.6 Å². The number of ether oxygens (including phenoxy) is 2. The average Bonchev–Trinajstić information content (AvgIpc) is 4.02. The Morgan fingerprint density at radius 3 is 2.05 bits per heavy atom. The zero-order valence-corrected chi connectivity index (χ0v) is 33.9. The SMILES string of the molecule is C=C1CCN(C(=O)[C@@H](CNC(=O)OC)C(C)C)[C@@H]1c1ncc(C#Cc2cc3sc(C#Cc4cnc([C@@H]5CCCN5C(=O)[C@@H](NC(=O)OC)C(C)C)[nH]4)cc3s2)[nH]1. The van der Waals surface area contributed by atoms with Crippen LogP contribution in [0.4, 0.5) is 9.59 Å². The highest BCUT2D eigenvalue weighted by atomic mass is 32.1. The molecule has 0 aromatic carbocycles. The second kappa shape index (κ2) is 17.5. The van der Waals surface area contributed by atoms with E-state index in [4.69, 9.17) is 9.47 Å². The van der Waals surface area contributed by atoms with Crippen LogP contribution in [0.5, 0.6) is 0 Å². The van der Waals surface area contributed by atoms with Crippen LogP contribution >= 0.6 is 22.7 Å². The molecule has 0 saturated carbocycles. The molecule has 0 unspecified atom stereocenters. The molecule has 4 amide bonds. The summed E-state index contributed by atoms with van der Waals surface area (Å²) in [6.45, 7) is 13.2. The Balaban J connectivity index is 1.09. The van der Waals surface area contributed by atoms with Crippen molar-refractivity contribution in [3.05, 3.63) is 69.5 Å². The number of rotatable bonds is 9. The fourth-order valence-corrected chi connectivity index (χ4v) is 9.04. The molecule has 4 aromatic rings. The van der Waals surface area contributed by atoms with Crippen LogP contribution in [-0.4, -0.2) is 93.6 Å². The van der Waals surface area contributed by atoms with Gasteiger partial charge in [-0.2, -0.15) is 0 Å². The van der Waals surface area contributed by atoms with Gasteiger partial charge in [0.05, 0.1) is 48.3 Å². The van der Waals surface area contributed by atoms with Crippen LogP contribution in [0.2, 0.25) is 0 Å². The fraction of sp³-hybridized carbons (Fsp3) is 0.450. The van der Waals surface area contributed by atoms with Gasteiger partial charge in [0.15, 0.2) is 0 Å². The second-order valence-electron chi connectivity index (χ2n) is 14.4. The molecule has 2 saturated heterocycles. The molecule has 0 radical (unpaired) electrons. The lowest BCUT2D eigenvalue weighted by Crippen LogP contribution is -2.51. The molecule has 4 N–H and O–H groups in total. The van der Waals surface area contributed by atoms with Crippen molar-refractivity contribution < 1.29 is 28.7 Å². The van der Waals surface area contributed by atoms with Crippen LogP contribution in [0.15, 0.2) is 36.7 Å². The van der Waals surface area contributed by atoms with Crippen LogP contribution < -0.4 is 10.6 Å². The molecule has 2 fully saturated rings. The maximum Gasteiger partial charge on any atom is 0.407 e. The highest BCUT2D eigenvalue weighted by molar-refractivity contribution is 7.28. The number of hydrogen-bond donors (Lipinski definition) is 4.